The molecule has 0 heterocycles. The highest BCUT2D eigenvalue weighted by Gasteiger charge is 2.59. The number of hydrogen-bond donors (Lipinski definition) is 1. The Balaban J connectivity index is 2.39. The summed E-state index contributed by atoms with van der Waals surface area (Å²) >= 11 is 11.2. The molecule has 192 valence electrons. The van der Waals surface area contributed by atoms with Gasteiger partial charge in [-0.05, 0) is 25.1 Å². The van der Waals surface area contributed by atoms with Crippen molar-refractivity contribution in [3.8, 4) is 5.75 Å². The number of benzene rings is 2. The van der Waals surface area contributed by atoms with Gasteiger partial charge in [0.2, 0.25) is 0 Å². The Bertz CT molecular complexity index is 1130. The fourth-order valence-corrected chi connectivity index (χ4v) is 3.12. The topological polar surface area (TPSA) is 58.6 Å². The predicted octanol–water partition coefficient (Wildman–Crippen LogP) is 6.66. The van der Waals surface area contributed by atoms with E-state index in [2.05, 4.69) is 4.74 Å². The Hall–Kier alpha value is -2.87. The number of anilines is 1. The van der Waals surface area contributed by atoms with E-state index in [1.807, 2.05) is 0 Å². The quantitative estimate of drug-likeness (QED) is 0.320. The lowest BCUT2D eigenvalue weighted by molar-refractivity contribution is -0.304. The third-order valence-corrected chi connectivity index (χ3v) is 4.80. The van der Waals surface area contributed by atoms with Crippen LogP contribution in [0.3, 0.4) is 0 Å². The molecule has 1 atom stereocenters. The summed E-state index contributed by atoms with van der Waals surface area (Å²) in [4.78, 5) is 24.9. The van der Waals surface area contributed by atoms with Crippen LogP contribution in [-0.4, -0.2) is 36.9 Å². The van der Waals surface area contributed by atoms with Crippen molar-refractivity contribution in [3.05, 3.63) is 57.3 Å². The molecule has 0 aliphatic rings. The number of amides is 3. The number of rotatable bonds is 6. The van der Waals surface area contributed by atoms with E-state index < -0.39 is 81.4 Å². The van der Waals surface area contributed by atoms with Crippen molar-refractivity contribution in [2.45, 2.75) is 25.4 Å². The number of carbonyl (C=O) groups excluding carboxylic acids is 2. The molecule has 2 aromatic rings. The maximum atomic E-state index is 14.8. The maximum absolute atomic E-state index is 14.8. The standard InChI is InChI=1S/C19H11Cl2F9N2O3/c1-2-32(17(34)31-15(33)11-8(22)4-3-5-9(11)23)10-6-7(20)14(12(21)13(10)24)35-19(29,30)16(25)18(26,27)28/h3-6,16H,2H2,1H3,(H,31,33,34). The minimum absolute atomic E-state index is 0.388. The van der Waals surface area contributed by atoms with E-state index in [1.54, 1.807) is 5.32 Å². The molecule has 5 nitrogen and oxygen atoms in total. The first-order valence-corrected chi connectivity index (χ1v) is 9.80. The zero-order valence-corrected chi connectivity index (χ0v) is 18.4. The van der Waals surface area contributed by atoms with Crippen molar-refractivity contribution in [2.75, 3.05) is 11.4 Å². The molecule has 0 radical (unpaired) electrons. The summed E-state index contributed by atoms with van der Waals surface area (Å²) in [5.74, 6) is -7.55. The number of urea groups is 1. The SMILES string of the molecule is CCN(C(=O)NC(=O)c1c(F)cccc1F)c1cc(Cl)c(OC(F)(F)C(F)C(F)(F)F)c(Cl)c1F. The van der Waals surface area contributed by atoms with E-state index in [1.165, 1.54) is 6.92 Å². The average Bonchev–Trinajstić information content (AvgIpc) is 2.73. The zero-order chi connectivity index (χ0) is 26.9. The maximum Gasteiger partial charge on any atom is 0.439 e. The van der Waals surface area contributed by atoms with Gasteiger partial charge < -0.3 is 4.74 Å². The molecular weight excluding hydrogens is 546 g/mol. The molecular formula is C19H11Cl2F9N2O3. The lowest BCUT2D eigenvalue weighted by Gasteiger charge is -2.26. The Morgan fingerprint density at radius 2 is 1.63 bits per heavy atom. The Morgan fingerprint density at radius 1 is 1.09 bits per heavy atom. The van der Waals surface area contributed by atoms with E-state index in [4.69, 9.17) is 23.2 Å². The van der Waals surface area contributed by atoms with Gasteiger partial charge in [0.05, 0.1) is 10.7 Å². The van der Waals surface area contributed by atoms with Crippen molar-refractivity contribution >= 4 is 40.8 Å². The van der Waals surface area contributed by atoms with Gasteiger partial charge in [0.15, 0.2) is 11.6 Å². The third kappa shape index (κ3) is 6.04. The predicted molar refractivity (Wildman–Crippen MR) is 105 cm³/mol. The smallest absolute Gasteiger partial charge is 0.427 e. The first-order chi connectivity index (χ1) is 16.0. The first kappa shape index (κ1) is 28.4. The van der Waals surface area contributed by atoms with Crippen molar-refractivity contribution in [1.82, 2.24) is 5.32 Å². The average molecular weight is 557 g/mol. The van der Waals surface area contributed by atoms with Gasteiger partial charge in [0.1, 0.15) is 22.2 Å². The summed E-state index contributed by atoms with van der Waals surface area (Å²) in [6.45, 7) is 0.740. The largest absolute Gasteiger partial charge is 0.439 e. The number of nitrogens with zero attached hydrogens (tertiary/aromatic N) is 1. The van der Waals surface area contributed by atoms with Crippen LogP contribution < -0.4 is 15.0 Å². The van der Waals surface area contributed by atoms with Crippen molar-refractivity contribution in [3.63, 3.8) is 0 Å². The number of halogens is 11. The molecule has 0 saturated heterocycles. The minimum Gasteiger partial charge on any atom is -0.427 e. The third-order valence-electron chi connectivity index (χ3n) is 4.18. The molecule has 1 unspecified atom stereocenters. The molecule has 0 bridgehead atoms. The summed E-state index contributed by atoms with van der Waals surface area (Å²) in [7, 11) is 0. The van der Waals surface area contributed by atoms with Crippen LogP contribution in [0.4, 0.5) is 50.0 Å². The minimum atomic E-state index is -6.05. The summed E-state index contributed by atoms with van der Waals surface area (Å²) in [5, 5.41) is -0.963. The highest BCUT2D eigenvalue weighted by molar-refractivity contribution is 6.38. The van der Waals surface area contributed by atoms with E-state index in [-0.39, 0.29) is 0 Å². The number of hydrogen-bond acceptors (Lipinski definition) is 3. The van der Waals surface area contributed by atoms with Gasteiger partial charge in [-0.15, -0.1) is 0 Å². The van der Waals surface area contributed by atoms with E-state index in [9.17, 15) is 49.1 Å². The molecule has 0 aliphatic carbocycles. The lowest BCUT2D eigenvalue weighted by Crippen LogP contribution is -2.46. The van der Waals surface area contributed by atoms with Gasteiger partial charge in [-0.1, -0.05) is 29.3 Å². The molecule has 3 amide bonds. The molecule has 0 spiro atoms. The molecule has 2 aromatic carbocycles. The van der Waals surface area contributed by atoms with Crippen LogP contribution in [0.5, 0.6) is 5.75 Å². The number of nitrogens with one attached hydrogen (secondary N) is 1. The van der Waals surface area contributed by atoms with Crippen molar-refractivity contribution in [2.24, 2.45) is 0 Å². The molecule has 2 rings (SSSR count). The summed E-state index contributed by atoms with van der Waals surface area (Å²) < 4.78 is 123. The molecule has 35 heavy (non-hydrogen) atoms. The number of alkyl halides is 6. The van der Waals surface area contributed by atoms with Crippen molar-refractivity contribution in [1.29, 1.82) is 0 Å². The molecule has 0 aliphatic heterocycles. The van der Waals surface area contributed by atoms with Gasteiger partial charge in [0.25, 0.3) is 12.1 Å². The molecule has 1 N–H and O–H groups in total. The summed E-state index contributed by atoms with van der Waals surface area (Å²) in [6.07, 6.45) is -16.5. The number of imide groups is 1. The number of ether oxygens (including phenoxy) is 1. The van der Waals surface area contributed by atoms with Gasteiger partial charge in [0, 0.05) is 6.54 Å². The highest BCUT2D eigenvalue weighted by Crippen LogP contribution is 2.45. The lowest BCUT2D eigenvalue weighted by atomic mass is 10.2. The molecule has 0 saturated carbocycles. The Labute approximate surface area is 200 Å². The van der Waals surface area contributed by atoms with Crippen LogP contribution in [0.2, 0.25) is 10.0 Å². The molecule has 16 heteroatoms. The second-order valence-electron chi connectivity index (χ2n) is 6.50. The van der Waals surface area contributed by atoms with Crippen LogP contribution in [-0.2, 0) is 0 Å². The number of carbonyl (C=O) groups is 2. The van der Waals surface area contributed by atoms with Crippen molar-refractivity contribution < 1.29 is 53.8 Å². The van der Waals surface area contributed by atoms with Crippen LogP contribution in [0.15, 0.2) is 24.3 Å². The second-order valence-corrected chi connectivity index (χ2v) is 7.29. The first-order valence-electron chi connectivity index (χ1n) is 9.04. The monoisotopic (exact) mass is 556 g/mol. The summed E-state index contributed by atoms with van der Waals surface area (Å²) in [6, 6.07) is 1.30. The van der Waals surface area contributed by atoms with Crippen LogP contribution >= 0.6 is 23.2 Å². The van der Waals surface area contributed by atoms with Crippen LogP contribution in [0.25, 0.3) is 0 Å². The van der Waals surface area contributed by atoms with E-state index in [0.717, 1.165) is 6.07 Å². The molecule has 0 fully saturated rings. The van der Waals surface area contributed by atoms with Crippen LogP contribution in [0.1, 0.15) is 17.3 Å². The molecule has 0 aromatic heterocycles. The fourth-order valence-electron chi connectivity index (χ4n) is 2.60. The second kappa shape index (κ2) is 10.4. The fraction of sp³-hybridized carbons (Fsp3) is 0.263. The van der Waals surface area contributed by atoms with E-state index in [0.29, 0.717) is 23.1 Å². The zero-order valence-electron chi connectivity index (χ0n) is 16.9. The summed E-state index contributed by atoms with van der Waals surface area (Å²) in [5.41, 5.74) is -2.05. The normalized spacial score (nSPS) is 12.8. The van der Waals surface area contributed by atoms with Gasteiger partial charge >= 0.3 is 18.3 Å². The van der Waals surface area contributed by atoms with Gasteiger partial charge in [-0.3, -0.25) is 15.0 Å². The van der Waals surface area contributed by atoms with Gasteiger partial charge in [-0.25, -0.2) is 22.4 Å². The Kier molecular flexibility index (Phi) is 8.43. The van der Waals surface area contributed by atoms with E-state index >= 15 is 0 Å². The van der Waals surface area contributed by atoms with Crippen LogP contribution in [0, 0.1) is 17.5 Å². The Morgan fingerprint density at radius 3 is 2.11 bits per heavy atom. The van der Waals surface area contributed by atoms with Gasteiger partial charge in [-0.2, -0.15) is 22.0 Å². The highest BCUT2D eigenvalue weighted by atomic mass is 35.5.